The minimum Gasteiger partial charge on any atom is -0.341 e. The number of amidine groups is 1. The summed E-state index contributed by atoms with van der Waals surface area (Å²) in [4.78, 5) is 4.85. The van der Waals surface area contributed by atoms with E-state index in [0.717, 1.165) is 22.7 Å². The maximum Gasteiger partial charge on any atom is 0.286 e. The van der Waals surface area contributed by atoms with Gasteiger partial charge in [0.15, 0.2) is 5.16 Å². The van der Waals surface area contributed by atoms with E-state index in [1.54, 1.807) is 24.3 Å². The van der Waals surface area contributed by atoms with Crippen molar-refractivity contribution >= 4 is 44.3 Å². The standard InChI is InChI=1S/C17H16N4O2S2/c1-2-21-14-9-5-3-7-12(14)19-17(21)24-11-16-18-13-8-4-6-10-15(13)25(22,23)20-16/h3-10H,2,11H2,1H3,(H,18,20). The van der Waals surface area contributed by atoms with Crippen LogP contribution in [0.4, 0.5) is 5.69 Å². The average molecular weight is 372 g/mol. The van der Waals surface area contributed by atoms with Gasteiger partial charge in [-0.15, -0.1) is 4.40 Å². The molecule has 2 aromatic carbocycles. The molecule has 0 unspecified atom stereocenters. The molecule has 0 saturated carbocycles. The molecule has 1 aliphatic heterocycles. The van der Waals surface area contributed by atoms with Crippen LogP contribution in [0.1, 0.15) is 6.92 Å². The van der Waals surface area contributed by atoms with Crippen molar-refractivity contribution in [3.05, 3.63) is 48.5 Å². The zero-order chi connectivity index (χ0) is 17.4. The number of benzene rings is 2. The number of thioether (sulfide) groups is 1. The summed E-state index contributed by atoms with van der Waals surface area (Å²) in [6, 6.07) is 14.7. The molecule has 2 heterocycles. The van der Waals surface area contributed by atoms with Crippen LogP contribution in [-0.4, -0.2) is 29.6 Å². The SMILES string of the molecule is CCn1c(SCC2=NS(=O)(=O)c3ccccc3N2)nc2ccccc21. The van der Waals surface area contributed by atoms with Gasteiger partial charge in [0, 0.05) is 6.54 Å². The monoisotopic (exact) mass is 372 g/mol. The molecule has 25 heavy (non-hydrogen) atoms. The molecule has 0 bridgehead atoms. The van der Waals surface area contributed by atoms with E-state index in [4.69, 9.17) is 0 Å². The minimum absolute atomic E-state index is 0.213. The topological polar surface area (TPSA) is 76.3 Å². The van der Waals surface area contributed by atoms with Gasteiger partial charge in [-0.1, -0.05) is 36.0 Å². The van der Waals surface area contributed by atoms with Crippen LogP contribution in [0.2, 0.25) is 0 Å². The molecule has 1 N–H and O–H groups in total. The van der Waals surface area contributed by atoms with Crippen molar-refractivity contribution in [3.63, 3.8) is 0 Å². The number of nitrogens with one attached hydrogen (secondary N) is 1. The normalized spacial score (nSPS) is 15.5. The van der Waals surface area contributed by atoms with Crippen molar-refractivity contribution in [2.45, 2.75) is 23.5 Å². The number of para-hydroxylation sites is 3. The highest BCUT2D eigenvalue weighted by Gasteiger charge is 2.24. The molecule has 1 aliphatic rings. The van der Waals surface area contributed by atoms with Crippen molar-refractivity contribution in [2.24, 2.45) is 4.40 Å². The molecule has 8 heteroatoms. The molecule has 0 radical (unpaired) electrons. The second-order valence-corrected chi connectivity index (χ2v) is 8.07. The first-order valence-electron chi connectivity index (χ1n) is 7.86. The lowest BCUT2D eigenvalue weighted by molar-refractivity contribution is 0.598. The highest BCUT2D eigenvalue weighted by molar-refractivity contribution is 8.00. The Kier molecular flexibility index (Phi) is 4.01. The van der Waals surface area contributed by atoms with Crippen LogP contribution in [0, 0.1) is 0 Å². The number of aryl methyl sites for hydroxylation is 1. The summed E-state index contributed by atoms with van der Waals surface area (Å²) in [6.45, 7) is 2.86. The largest absolute Gasteiger partial charge is 0.341 e. The van der Waals surface area contributed by atoms with E-state index < -0.39 is 10.0 Å². The minimum atomic E-state index is -3.65. The molecule has 0 fully saturated rings. The van der Waals surface area contributed by atoms with Gasteiger partial charge in [0.05, 0.1) is 22.5 Å². The van der Waals surface area contributed by atoms with E-state index >= 15 is 0 Å². The van der Waals surface area contributed by atoms with Crippen LogP contribution in [-0.2, 0) is 16.6 Å². The average Bonchev–Trinajstić information content (AvgIpc) is 2.97. The Balaban J connectivity index is 1.62. The summed E-state index contributed by atoms with van der Waals surface area (Å²) in [6.07, 6.45) is 0. The predicted octanol–water partition coefficient (Wildman–Crippen LogP) is 3.36. The van der Waals surface area contributed by atoms with Gasteiger partial charge in [-0.25, -0.2) is 4.98 Å². The molecule has 0 saturated heterocycles. The van der Waals surface area contributed by atoms with Crippen molar-refractivity contribution < 1.29 is 8.42 Å². The van der Waals surface area contributed by atoms with Gasteiger partial charge in [0.2, 0.25) is 0 Å². The lowest BCUT2D eigenvalue weighted by Crippen LogP contribution is -2.23. The maximum absolute atomic E-state index is 12.3. The van der Waals surface area contributed by atoms with E-state index in [-0.39, 0.29) is 4.90 Å². The van der Waals surface area contributed by atoms with Gasteiger partial charge in [0.1, 0.15) is 10.7 Å². The molecule has 0 aliphatic carbocycles. The highest BCUT2D eigenvalue weighted by atomic mass is 32.2. The molecule has 128 valence electrons. The number of imidazole rings is 1. The zero-order valence-corrected chi connectivity index (χ0v) is 15.1. The first-order chi connectivity index (χ1) is 12.1. The quantitative estimate of drug-likeness (QED) is 0.711. The summed E-state index contributed by atoms with van der Waals surface area (Å²) in [7, 11) is -3.65. The lowest BCUT2D eigenvalue weighted by atomic mass is 10.3. The van der Waals surface area contributed by atoms with Crippen LogP contribution in [0.25, 0.3) is 11.0 Å². The Hall–Kier alpha value is -2.32. The molecular weight excluding hydrogens is 356 g/mol. The summed E-state index contributed by atoms with van der Waals surface area (Å²) in [5, 5.41) is 3.96. The fraction of sp³-hybridized carbons (Fsp3) is 0.176. The second-order valence-electron chi connectivity index (χ2n) is 5.55. The van der Waals surface area contributed by atoms with Gasteiger partial charge < -0.3 is 9.88 Å². The van der Waals surface area contributed by atoms with E-state index in [9.17, 15) is 8.42 Å². The molecule has 6 nitrogen and oxygen atoms in total. The molecule has 0 atom stereocenters. The summed E-state index contributed by atoms with van der Waals surface area (Å²) in [5.41, 5.74) is 2.57. The second kappa shape index (κ2) is 6.20. The third-order valence-corrected chi connectivity index (χ3v) is 6.31. The summed E-state index contributed by atoms with van der Waals surface area (Å²) < 4.78 is 30.6. The van der Waals surface area contributed by atoms with Crippen molar-refractivity contribution in [1.82, 2.24) is 9.55 Å². The fourth-order valence-electron chi connectivity index (χ4n) is 2.83. The first kappa shape index (κ1) is 16.2. The summed E-state index contributed by atoms with van der Waals surface area (Å²) in [5.74, 6) is 0.815. The summed E-state index contributed by atoms with van der Waals surface area (Å²) >= 11 is 1.47. The van der Waals surface area contributed by atoms with Crippen LogP contribution >= 0.6 is 11.8 Å². The Morgan fingerprint density at radius 3 is 2.72 bits per heavy atom. The number of hydrogen-bond donors (Lipinski definition) is 1. The number of nitrogens with zero attached hydrogens (tertiary/aromatic N) is 3. The number of anilines is 1. The highest BCUT2D eigenvalue weighted by Crippen LogP contribution is 2.29. The van der Waals surface area contributed by atoms with Gasteiger partial charge in [-0.3, -0.25) is 0 Å². The number of hydrogen-bond acceptors (Lipinski definition) is 5. The smallest absolute Gasteiger partial charge is 0.286 e. The molecule has 1 aromatic heterocycles. The predicted molar refractivity (Wildman–Crippen MR) is 101 cm³/mol. The van der Waals surface area contributed by atoms with Crippen LogP contribution < -0.4 is 5.32 Å². The third kappa shape index (κ3) is 2.91. The van der Waals surface area contributed by atoms with Crippen LogP contribution in [0.3, 0.4) is 0 Å². The zero-order valence-electron chi connectivity index (χ0n) is 13.5. The van der Waals surface area contributed by atoms with E-state index in [0.29, 0.717) is 17.3 Å². The third-order valence-electron chi connectivity index (χ3n) is 3.95. The molecular formula is C17H16N4O2S2. The van der Waals surface area contributed by atoms with Crippen molar-refractivity contribution in [3.8, 4) is 0 Å². The van der Waals surface area contributed by atoms with Gasteiger partial charge in [0.25, 0.3) is 10.0 Å². The van der Waals surface area contributed by atoms with Crippen LogP contribution in [0.5, 0.6) is 0 Å². The Bertz CT molecular complexity index is 1090. The first-order valence-corrected chi connectivity index (χ1v) is 10.3. The fourth-order valence-corrected chi connectivity index (χ4v) is 5.01. The van der Waals surface area contributed by atoms with Gasteiger partial charge >= 0.3 is 0 Å². The van der Waals surface area contributed by atoms with Gasteiger partial charge in [-0.2, -0.15) is 8.42 Å². The van der Waals surface area contributed by atoms with Crippen molar-refractivity contribution in [1.29, 1.82) is 0 Å². The van der Waals surface area contributed by atoms with Crippen molar-refractivity contribution in [2.75, 3.05) is 11.1 Å². The molecule has 3 aromatic rings. The van der Waals surface area contributed by atoms with Crippen LogP contribution in [0.15, 0.2) is 63.0 Å². The number of sulfonamides is 1. The molecule has 4 rings (SSSR count). The Labute approximate surface area is 150 Å². The van der Waals surface area contributed by atoms with E-state index in [1.165, 1.54) is 11.8 Å². The van der Waals surface area contributed by atoms with E-state index in [2.05, 4.69) is 26.2 Å². The number of aromatic nitrogens is 2. The number of rotatable bonds is 4. The van der Waals surface area contributed by atoms with Gasteiger partial charge in [-0.05, 0) is 31.2 Å². The Morgan fingerprint density at radius 2 is 1.88 bits per heavy atom. The lowest BCUT2D eigenvalue weighted by Gasteiger charge is -2.17. The van der Waals surface area contributed by atoms with E-state index in [1.807, 2.05) is 24.3 Å². The molecule has 0 spiro atoms. The maximum atomic E-state index is 12.3. The molecule has 0 amide bonds. The number of fused-ring (bicyclic) bond motifs is 2. The Morgan fingerprint density at radius 1 is 1.12 bits per heavy atom.